The van der Waals surface area contributed by atoms with Gasteiger partial charge in [0, 0.05) is 30.4 Å². The molecule has 1 fully saturated rings. The summed E-state index contributed by atoms with van der Waals surface area (Å²) in [4.78, 5) is 16.4. The number of hydrogen-bond donors (Lipinski definition) is 2. The normalized spacial score (nSPS) is 17.7. The van der Waals surface area contributed by atoms with Gasteiger partial charge in [0.1, 0.15) is 0 Å². The molecule has 20 heavy (non-hydrogen) atoms. The van der Waals surface area contributed by atoms with Gasteiger partial charge in [-0.3, -0.25) is 9.78 Å². The molecular formula is C16H25N3O. The molecule has 0 aromatic carbocycles. The zero-order valence-corrected chi connectivity index (χ0v) is 12.5. The maximum absolute atomic E-state index is 12.1. The number of carbonyl (C=O) groups excluding carboxylic acids is 1. The van der Waals surface area contributed by atoms with Gasteiger partial charge in [0.15, 0.2) is 0 Å². The maximum atomic E-state index is 12.1. The van der Waals surface area contributed by atoms with Gasteiger partial charge in [-0.05, 0) is 38.4 Å². The summed E-state index contributed by atoms with van der Waals surface area (Å²) < 4.78 is 0. The highest BCUT2D eigenvalue weighted by Crippen LogP contribution is 2.30. The van der Waals surface area contributed by atoms with E-state index in [1.807, 2.05) is 32.3 Å². The highest BCUT2D eigenvalue weighted by atomic mass is 16.1. The molecule has 0 bridgehead atoms. The molecule has 1 aromatic rings. The highest BCUT2D eigenvalue weighted by molar-refractivity contribution is 5.77. The topological polar surface area (TPSA) is 54.0 Å². The van der Waals surface area contributed by atoms with Crippen LogP contribution in [0.2, 0.25) is 0 Å². The number of aryl methyl sites for hydroxylation is 1. The number of hydrogen-bond acceptors (Lipinski definition) is 3. The van der Waals surface area contributed by atoms with Crippen LogP contribution in [-0.2, 0) is 11.3 Å². The first-order valence-electron chi connectivity index (χ1n) is 7.51. The van der Waals surface area contributed by atoms with Crippen LogP contribution in [0.5, 0.6) is 0 Å². The first-order valence-corrected chi connectivity index (χ1v) is 7.51. The molecule has 1 aliphatic carbocycles. The lowest BCUT2D eigenvalue weighted by Crippen LogP contribution is -2.48. The first kappa shape index (κ1) is 15.0. The predicted octanol–water partition coefficient (Wildman–Crippen LogP) is 2.32. The third kappa shape index (κ3) is 4.04. The molecule has 2 N–H and O–H groups in total. The summed E-state index contributed by atoms with van der Waals surface area (Å²) in [5, 5.41) is 6.39. The van der Waals surface area contributed by atoms with E-state index in [1.165, 1.54) is 19.3 Å². The van der Waals surface area contributed by atoms with E-state index in [-0.39, 0.29) is 11.4 Å². The van der Waals surface area contributed by atoms with Gasteiger partial charge < -0.3 is 10.6 Å². The molecule has 4 heteroatoms. The molecule has 1 amide bonds. The van der Waals surface area contributed by atoms with Gasteiger partial charge in [-0.15, -0.1) is 0 Å². The lowest BCUT2D eigenvalue weighted by atomic mass is 9.79. The van der Waals surface area contributed by atoms with Crippen molar-refractivity contribution in [3.63, 3.8) is 0 Å². The van der Waals surface area contributed by atoms with Crippen molar-refractivity contribution < 1.29 is 4.79 Å². The lowest BCUT2D eigenvalue weighted by molar-refractivity contribution is -0.123. The third-order valence-corrected chi connectivity index (χ3v) is 4.30. The Bertz CT molecular complexity index is 436. The van der Waals surface area contributed by atoms with Gasteiger partial charge in [-0.2, -0.15) is 0 Å². The molecular weight excluding hydrogens is 250 g/mol. The average molecular weight is 275 g/mol. The SMILES string of the molecule is CNC1(CC(=O)NCc2ccc(C)nc2)CCCCC1. The van der Waals surface area contributed by atoms with Gasteiger partial charge in [-0.1, -0.05) is 25.3 Å². The average Bonchev–Trinajstić information content (AvgIpc) is 2.47. The summed E-state index contributed by atoms with van der Waals surface area (Å²) in [5.74, 6) is 0.127. The van der Waals surface area contributed by atoms with Crippen molar-refractivity contribution in [2.24, 2.45) is 0 Å². The fourth-order valence-electron chi connectivity index (χ4n) is 2.92. The second-order valence-corrected chi connectivity index (χ2v) is 5.85. The number of nitrogens with one attached hydrogen (secondary N) is 2. The van der Waals surface area contributed by atoms with E-state index in [1.54, 1.807) is 0 Å². The predicted molar refractivity (Wildman–Crippen MR) is 80.3 cm³/mol. The van der Waals surface area contributed by atoms with Crippen molar-refractivity contribution in [2.45, 2.75) is 57.5 Å². The molecule has 1 aromatic heterocycles. The molecule has 1 aliphatic rings. The van der Waals surface area contributed by atoms with Crippen LogP contribution < -0.4 is 10.6 Å². The van der Waals surface area contributed by atoms with E-state index in [0.29, 0.717) is 13.0 Å². The Balaban J connectivity index is 1.83. The van der Waals surface area contributed by atoms with Gasteiger partial charge in [0.05, 0.1) is 0 Å². The van der Waals surface area contributed by atoms with E-state index < -0.39 is 0 Å². The molecule has 0 aliphatic heterocycles. The first-order chi connectivity index (χ1) is 9.63. The van der Waals surface area contributed by atoms with Crippen molar-refractivity contribution >= 4 is 5.91 Å². The van der Waals surface area contributed by atoms with E-state index >= 15 is 0 Å². The number of pyridine rings is 1. The standard InChI is InChI=1S/C16H25N3O/c1-13-6-7-14(11-18-13)12-19-15(20)10-16(17-2)8-4-3-5-9-16/h6-7,11,17H,3-5,8-10,12H2,1-2H3,(H,19,20). The highest BCUT2D eigenvalue weighted by Gasteiger charge is 2.32. The summed E-state index contributed by atoms with van der Waals surface area (Å²) >= 11 is 0. The van der Waals surface area contributed by atoms with Gasteiger partial charge >= 0.3 is 0 Å². The molecule has 0 unspecified atom stereocenters. The second-order valence-electron chi connectivity index (χ2n) is 5.85. The minimum atomic E-state index is 0.00780. The Labute approximate surface area is 121 Å². The molecule has 1 heterocycles. The van der Waals surface area contributed by atoms with Gasteiger partial charge in [0.25, 0.3) is 0 Å². The van der Waals surface area contributed by atoms with Crippen LogP contribution in [0.25, 0.3) is 0 Å². The van der Waals surface area contributed by atoms with Crippen LogP contribution in [0.4, 0.5) is 0 Å². The van der Waals surface area contributed by atoms with Crippen molar-refractivity contribution in [2.75, 3.05) is 7.05 Å². The number of carbonyl (C=O) groups is 1. The van der Waals surface area contributed by atoms with Crippen molar-refractivity contribution in [1.29, 1.82) is 0 Å². The fraction of sp³-hybridized carbons (Fsp3) is 0.625. The Morgan fingerprint density at radius 3 is 2.65 bits per heavy atom. The maximum Gasteiger partial charge on any atom is 0.222 e. The van der Waals surface area contributed by atoms with E-state index in [4.69, 9.17) is 0 Å². The van der Waals surface area contributed by atoms with E-state index in [2.05, 4.69) is 15.6 Å². The zero-order chi connectivity index (χ0) is 14.4. The van der Waals surface area contributed by atoms with Crippen molar-refractivity contribution in [3.8, 4) is 0 Å². The van der Waals surface area contributed by atoms with E-state index in [9.17, 15) is 4.79 Å². The van der Waals surface area contributed by atoms with Gasteiger partial charge in [-0.25, -0.2) is 0 Å². The summed E-state index contributed by atoms with van der Waals surface area (Å²) in [5.41, 5.74) is 2.05. The molecule has 2 rings (SSSR count). The van der Waals surface area contributed by atoms with Crippen molar-refractivity contribution in [3.05, 3.63) is 29.6 Å². The Morgan fingerprint density at radius 1 is 1.30 bits per heavy atom. The van der Waals surface area contributed by atoms with Crippen LogP contribution in [0.1, 0.15) is 49.8 Å². The van der Waals surface area contributed by atoms with Crippen LogP contribution in [0, 0.1) is 6.92 Å². The summed E-state index contributed by atoms with van der Waals surface area (Å²) in [6, 6.07) is 3.98. The zero-order valence-electron chi connectivity index (χ0n) is 12.5. The summed E-state index contributed by atoms with van der Waals surface area (Å²) in [6.07, 6.45) is 8.32. The molecule has 0 saturated heterocycles. The Morgan fingerprint density at radius 2 is 2.05 bits per heavy atom. The monoisotopic (exact) mass is 275 g/mol. The Hall–Kier alpha value is -1.42. The fourth-order valence-corrected chi connectivity index (χ4v) is 2.92. The number of nitrogens with zero attached hydrogens (tertiary/aromatic N) is 1. The smallest absolute Gasteiger partial charge is 0.222 e. The second kappa shape index (κ2) is 6.84. The van der Waals surface area contributed by atoms with E-state index in [0.717, 1.165) is 24.1 Å². The van der Waals surface area contributed by atoms with Crippen molar-refractivity contribution in [1.82, 2.24) is 15.6 Å². The third-order valence-electron chi connectivity index (χ3n) is 4.30. The molecule has 110 valence electrons. The molecule has 4 nitrogen and oxygen atoms in total. The van der Waals surface area contributed by atoms with Crippen LogP contribution in [0.15, 0.2) is 18.3 Å². The van der Waals surface area contributed by atoms with Crippen LogP contribution in [0.3, 0.4) is 0 Å². The van der Waals surface area contributed by atoms with Crippen LogP contribution >= 0.6 is 0 Å². The van der Waals surface area contributed by atoms with Gasteiger partial charge in [0.2, 0.25) is 5.91 Å². The molecule has 0 atom stereocenters. The number of amides is 1. The lowest BCUT2D eigenvalue weighted by Gasteiger charge is -2.36. The molecule has 0 spiro atoms. The quantitative estimate of drug-likeness (QED) is 0.867. The minimum absolute atomic E-state index is 0.00780. The summed E-state index contributed by atoms with van der Waals surface area (Å²) in [7, 11) is 1.97. The Kier molecular flexibility index (Phi) is 5.12. The molecule has 1 saturated carbocycles. The minimum Gasteiger partial charge on any atom is -0.352 e. The number of rotatable bonds is 5. The van der Waals surface area contributed by atoms with Crippen LogP contribution in [-0.4, -0.2) is 23.5 Å². The molecule has 0 radical (unpaired) electrons. The number of aromatic nitrogens is 1. The summed E-state index contributed by atoms with van der Waals surface area (Å²) in [6.45, 7) is 2.52. The largest absolute Gasteiger partial charge is 0.352 e.